The van der Waals surface area contributed by atoms with E-state index in [1.54, 1.807) is 4.90 Å². The first kappa shape index (κ1) is 12.3. The van der Waals surface area contributed by atoms with Crippen molar-refractivity contribution in [2.75, 3.05) is 13.1 Å². The summed E-state index contributed by atoms with van der Waals surface area (Å²) in [6.45, 7) is 5.11. The Morgan fingerprint density at radius 3 is 2.50 bits per heavy atom. The van der Waals surface area contributed by atoms with Crippen LogP contribution >= 0.6 is 0 Å². The molecule has 0 aliphatic heterocycles. The smallest absolute Gasteiger partial charge is 0.254 e. The SMILES string of the molecule is C#CCN(CCC)C(=O)c1ccc(C)cc1. The number of benzene rings is 1. The summed E-state index contributed by atoms with van der Waals surface area (Å²) in [5, 5.41) is 0. The van der Waals surface area contributed by atoms with E-state index in [1.165, 1.54) is 0 Å². The van der Waals surface area contributed by atoms with Crippen LogP contribution in [0.2, 0.25) is 0 Å². The molecule has 0 aliphatic rings. The fourth-order valence-corrected chi connectivity index (χ4v) is 1.51. The lowest BCUT2D eigenvalue weighted by molar-refractivity contribution is 0.0777. The molecule has 84 valence electrons. The zero-order chi connectivity index (χ0) is 12.0. The molecule has 0 spiro atoms. The third kappa shape index (κ3) is 3.13. The number of aryl methyl sites for hydroxylation is 1. The van der Waals surface area contributed by atoms with Crippen LogP contribution in [0.15, 0.2) is 24.3 Å². The summed E-state index contributed by atoms with van der Waals surface area (Å²) in [5.41, 5.74) is 1.85. The van der Waals surface area contributed by atoms with Gasteiger partial charge in [-0.15, -0.1) is 6.42 Å². The molecule has 0 heterocycles. The number of nitrogens with zero attached hydrogens (tertiary/aromatic N) is 1. The Labute approximate surface area is 97.3 Å². The van der Waals surface area contributed by atoms with Crippen LogP contribution in [-0.4, -0.2) is 23.9 Å². The van der Waals surface area contributed by atoms with E-state index in [4.69, 9.17) is 6.42 Å². The van der Waals surface area contributed by atoms with Gasteiger partial charge in [0, 0.05) is 12.1 Å². The second-order valence-electron chi connectivity index (χ2n) is 3.80. The van der Waals surface area contributed by atoms with Crippen LogP contribution in [0.5, 0.6) is 0 Å². The third-order valence-corrected chi connectivity index (χ3v) is 2.36. The highest BCUT2D eigenvalue weighted by Crippen LogP contribution is 2.07. The maximum atomic E-state index is 12.1. The Kier molecular flexibility index (Phi) is 4.60. The van der Waals surface area contributed by atoms with Gasteiger partial charge in [-0.1, -0.05) is 30.5 Å². The summed E-state index contributed by atoms with van der Waals surface area (Å²) in [6, 6.07) is 7.56. The summed E-state index contributed by atoms with van der Waals surface area (Å²) in [5.74, 6) is 2.53. The number of rotatable bonds is 4. The Balaban J connectivity index is 2.82. The van der Waals surface area contributed by atoms with Crippen LogP contribution in [-0.2, 0) is 0 Å². The first-order valence-corrected chi connectivity index (χ1v) is 5.48. The van der Waals surface area contributed by atoms with E-state index in [0.29, 0.717) is 18.7 Å². The van der Waals surface area contributed by atoms with Gasteiger partial charge in [0.15, 0.2) is 0 Å². The van der Waals surface area contributed by atoms with Crippen LogP contribution in [0.1, 0.15) is 29.3 Å². The Morgan fingerprint density at radius 1 is 1.38 bits per heavy atom. The maximum absolute atomic E-state index is 12.1. The van der Waals surface area contributed by atoms with Crippen molar-refractivity contribution in [3.8, 4) is 12.3 Å². The summed E-state index contributed by atoms with van der Waals surface area (Å²) in [6.07, 6.45) is 6.17. The number of hydrogen-bond acceptors (Lipinski definition) is 1. The molecule has 1 aromatic carbocycles. The van der Waals surface area contributed by atoms with Gasteiger partial charge in [-0.2, -0.15) is 0 Å². The monoisotopic (exact) mass is 215 g/mol. The van der Waals surface area contributed by atoms with Crippen LogP contribution in [0.25, 0.3) is 0 Å². The standard InChI is InChI=1S/C14H17NO/c1-4-10-15(11-5-2)14(16)13-8-6-12(3)7-9-13/h1,6-9H,5,10-11H2,2-3H3. The Bertz CT molecular complexity index is 386. The number of amides is 1. The van der Waals surface area contributed by atoms with E-state index in [0.717, 1.165) is 12.0 Å². The molecule has 0 fully saturated rings. The molecule has 0 unspecified atom stereocenters. The molecule has 0 atom stereocenters. The van der Waals surface area contributed by atoms with Gasteiger partial charge >= 0.3 is 0 Å². The molecular weight excluding hydrogens is 198 g/mol. The van der Waals surface area contributed by atoms with E-state index in [1.807, 2.05) is 38.1 Å². The van der Waals surface area contributed by atoms with Crippen LogP contribution in [0.4, 0.5) is 0 Å². The highest BCUT2D eigenvalue weighted by molar-refractivity contribution is 5.94. The maximum Gasteiger partial charge on any atom is 0.254 e. The first-order valence-electron chi connectivity index (χ1n) is 5.48. The zero-order valence-corrected chi connectivity index (χ0v) is 9.86. The molecule has 0 saturated heterocycles. The summed E-state index contributed by atoms with van der Waals surface area (Å²) < 4.78 is 0. The molecule has 0 N–H and O–H groups in total. The van der Waals surface area contributed by atoms with Crippen molar-refractivity contribution in [2.45, 2.75) is 20.3 Å². The molecule has 0 saturated carbocycles. The summed E-state index contributed by atoms with van der Waals surface area (Å²) >= 11 is 0. The van der Waals surface area contributed by atoms with Crippen molar-refractivity contribution < 1.29 is 4.79 Å². The fraction of sp³-hybridized carbons (Fsp3) is 0.357. The van der Waals surface area contributed by atoms with Crippen molar-refractivity contribution in [3.05, 3.63) is 35.4 Å². The van der Waals surface area contributed by atoms with Crippen molar-refractivity contribution in [1.82, 2.24) is 4.90 Å². The molecule has 16 heavy (non-hydrogen) atoms. The second kappa shape index (κ2) is 5.97. The lowest BCUT2D eigenvalue weighted by Gasteiger charge is -2.19. The molecule has 0 aromatic heterocycles. The minimum absolute atomic E-state index is 0.0137. The lowest BCUT2D eigenvalue weighted by Crippen LogP contribution is -2.32. The summed E-state index contributed by atoms with van der Waals surface area (Å²) in [4.78, 5) is 13.8. The number of carbonyl (C=O) groups is 1. The minimum atomic E-state index is 0.0137. The van der Waals surface area contributed by atoms with Gasteiger partial charge < -0.3 is 4.90 Å². The van der Waals surface area contributed by atoms with E-state index in [2.05, 4.69) is 5.92 Å². The van der Waals surface area contributed by atoms with Crippen LogP contribution < -0.4 is 0 Å². The third-order valence-electron chi connectivity index (χ3n) is 2.36. The Hall–Kier alpha value is -1.75. The molecule has 1 amide bonds. The van der Waals surface area contributed by atoms with Gasteiger partial charge in [0.25, 0.3) is 5.91 Å². The molecule has 1 aromatic rings. The van der Waals surface area contributed by atoms with Gasteiger partial charge in [-0.25, -0.2) is 0 Å². The largest absolute Gasteiger partial charge is 0.328 e. The molecule has 1 rings (SSSR count). The second-order valence-corrected chi connectivity index (χ2v) is 3.80. The number of carbonyl (C=O) groups excluding carboxylic acids is 1. The molecule has 2 heteroatoms. The van der Waals surface area contributed by atoms with Crippen molar-refractivity contribution in [2.24, 2.45) is 0 Å². The molecule has 0 aliphatic carbocycles. The molecule has 2 nitrogen and oxygen atoms in total. The lowest BCUT2D eigenvalue weighted by atomic mass is 10.1. The van der Waals surface area contributed by atoms with Gasteiger partial charge in [-0.3, -0.25) is 4.79 Å². The van der Waals surface area contributed by atoms with Crippen LogP contribution in [0.3, 0.4) is 0 Å². The van der Waals surface area contributed by atoms with Gasteiger partial charge in [0.1, 0.15) is 0 Å². The first-order chi connectivity index (χ1) is 7.69. The molecule has 0 radical (unpaired) electrons. The number of hydrogen-bond donors (Lipinski definition) is 0. The molecular formula is C14H17NO. The minimum Gasteiger partial charge on any atom is -0.328 e. The average Bonchev–Trinajstić information content (AvgIpc) is 2.29. The quantitative estimate of drug-likeness (QED) is 0.707. The van der Waals surface area contributed by atoms with Gasteiger partial charge in [0.2, 0.25) is 0 Å². The van der Waals surface area contributed by atoms with Crippen molar-refractivity contribution in [1.29, 1.82) is 0 Å². The highest BCUT2D eigenvalue weighted by Gasteiger charge is 2.13. The van der Waals surface area contributed by atoms with Gasteiger partial charge in [0.05, 0.1) is 6.54 Å². The fourth-order valence-electron chi connectivity index (χ4n) is 1.51. The number of terminal acetylenes is 1. The van der Waals surface area contributed by atoms with Gasteiger partial charge in [-0.05, 0) is 25.5 Å². The predicted molar refractivity (Wildman–Crippen MR) is 66.2 cm³/mol. The average molecular weight is 215 g/mol. The van der Waals surface area contributed by atoms with E-state index in [9.17, 15) is 4.79 Å². The molecule has 0 bridgehead atoms. The van der Waals surface area contributed by atoms with E-state index in [-0.39, 0.29) is 5.91 Å². The van der Waals surface area contributed by atoms with E-state index < -0.39 is 0 Å². The normalized spacial score (nSPS) is 9.56. The topological polar surface area (TPSA) is 20.3 Å². The van der Waals surface area contributed by atoms with Crippen molar-refractivity contribution >= 4 is 5.91 Å². The predicted octanol–water partition coefficient (Wildman–Crippen LogP) is 2.48. The summed E-state index contributed by atoms with van der Waals surface area (Å²) in [7, 11) is 0. The van der Waals surface area contributed by atoms with E-state index >= 15 is 0 Å². The Morgan fingerprint density at radius 2 is 2.00 bits per heavy atom. The van der Waals surface area contributed by atoms with Crippen molar-refractivity contribution in [3.63, 3.8) is 0 Å². The highest BCUT2D eigenvalue weighted by atomic mass is 16.2. The van der Waals surface area contributed by atoms with Crippen LogP contribution in [0, 0.1) is 19.3 Å². The zero-order valence-electron chi connectivity index (χ0n) is 9.86.